The van der Waals surface area contributed by atoms with E-state index in [0.717, 1.165) is 56.1 Å². The van der Waals surface area contributed by atoms with Crippen LogP contribution in [0.1, 0.15) is 82.6 Å². The van der Waals surface area contributed by atoms with Gasteiger partial charge in [0.1, 0.15) is 0 Å². The number of ether oxygens (including phenoxy) is 1. The zero-order valence-corrected chi connectivity index (χ0v) is 18.6. The summed E-state index contributed by atoms with van der Waals surface area (Å²) in [6.45, 7) is 2.20. The Morgan fingerprint density at radius 3 is 2.16 bits per heavy atom. The van der Waals surface area contributed by atoms with Crippen LogP contribution in [0.2, 0.25) is 0 Å². The third-order valence-electron chi connectivity index (χ3n) is 8.15. The molecular weight excluding hydrogens is 423 g/mol. The largest absolute Gasteiger partial charge is 0.573 e. The molecule has 1 aromatic rings. The molecule has 0 saturated heterocycles. The van der Waals surface area contributed by atoms with Crippen molar-refractivity contribution < 1.29 is 26.7 Å². The first kappa shape index (κ1) is 23.6. The summed E-state index contributed by atoms with van der Waals surface area (Å²) in [5, 5.41) is 0. The van der Waals surface area contributed by atoms with E-state index in [1.807, 2.05) is 0 Å². The molecule has 0 bridgehead atoms. The molecule has 3 aliphatic rings. The normalized spacial score (nSPS) is 33.1. The Labute approximate surface area is 187 Å². The molecule has 4 rings (SSSR count). The maximum Gasteiger partial charge on any atom is 0.573 e. The van der Waals surface area contributed by atoms with E-state index in [1.165, 1.54) is 32.1 Å². The highest BCUT2D eigenvalue weighted by molar-refractivity contribution is 5.33. The van der Waals surface area contributed by atoms with Gasteiger partial charge in [-0.05, 0) is 111 Å². The van der Waals surface area contributed by atoms with Gasteiger partial charge in [-0.25, -0.2) is 8.78 Å². The predicted molar refractivity (Wildman–Crippen MR) is 114 cm³/mol. The number of hydrogen-bond donors (Lipinski definition) is 0. The van der Waals surface area contributed by atoms with Crippen LogP contribution < -0.4 is 4.74 Å². The fourth-order valence-corrected chi connectivity index (χ4v) is 6.79. The number of unbranched alkanes of at least 4 members (excludes halogenated alkanes) is 1. The van der Waals surface area contributed by atoms with E-state index >= 15 is 0 Å². The van der Waals surface area contributed by atoms with Crippen LogP contribution in [0.3, 0.4) is 0 Å². The molecule has 0 heterocycles. The Balaban J connectivity index is 1.40. The third-order valence-corrected chi connectivity index (χ3v) is 8.15. The molecule has 32 heavy (non-hydrogen) atoms. The summed E-state index contributed by atoms with van der Waals surface area (Å²) in [6, 6.07) is 2.07. The average Bonchev–Trinajstić information content (AvgIpc) is 2.75. The van der Waals surface area contributed by atoms with Crippen LogP contribution >= 0.6 is 0 Å². The fraction of sp³-hybridized carbons (Fsp3) is 0.692. The highest BCUT2D eigenvalue weighted by atomic mass is 19.4. The van der Waals surface area contributed by atoms with Gasteiger partial charge >= 0.3 is 6.36 Å². The second-order valence-electron chi connectivity index (χ2n) is 10.1. The lowest BCUT2D eigenvalue weighted by Crippen LogP contribution is -2.41. The van der Waals surface area contributed by atoms with E-state index in [0.29, 0.717) is 23.3 Å². The molecule has 6 atom stereocenters. The van der Waals surface area contributed by atoms with Crippen LogP contribution in [-0.2, 0) is 0 Å². The first-order chi connectivity index (χ1) is 15.2. The van der Waals surface area contributed by atoms with Gasteiger partial charge in [-0.15, -0.1) is 13.2 Å². The summed E-state index contributed by atoms with van der Waals surface area (Å²) < 4.78 is 69.3. The Morgan fingerprint density at radius 1 is 0.906 bits per heavy atom. The van der Waals surface area contributed by atoms with Crippen LogP contribution in [-0.4, -0.2) is 6.36 Å². The number of rotatable bonds is 5. The Hall–Kier alpha value is -1.59. The summed E-state index contributed by atoms with van der Waals surface area (Å²) in [4.78, 5) is 0. The number of halogens is 5. The monoisotopic (exact) mass is 456 g/mol. The molecule has 0 spiro atoms. The van der Waals surface area contributed by atoms with Gasteiger partial charge in [0.25, 0.3) is 0 Å². The van der Waals surface area contributed by atoms with Crippen molar-refractivity contribution in [3.8, 4) is 5.75 Å². The fourth-order valence-electron chi connectivity index (χ4n) is 6.79. The van der Waals surface area contributed by atoms with Gasteiger partial charge in [-0.2, -0.15) is 0 Å². The number of hydrogen-bond acceptors (Lipinski definition) is 1. The van der Waals surface area contributed by atoms with Crippen molar-refractivity contribution in [3.05, 3.63) is 41.5 Å². The second-order valence-corrected chi connectivity index (χ2v) is 10.1. The van der Waals surface area contributed by atoms with E-state index in [1.54, 1.807) is 0 Å². The van der Waals surface area contributed by atoms with Gasteiger partial charge in [0.15, 0.2) is 11.6 Å². The number of allylic oxidation sites excluding steroid dienone is 2. The van der Waals surface area contributed by atoms with Crippen molar-refractivity contribution in [2.75, 3.05) is 0 Å². The second kappa shape index (κ2) is 9.72. The van der Waals surface area contributed by atoms with Crippen molar-refractivity contribution in [1.29, 1.82) is 0 Å². The molecule has 3 fully saturated rings. The van der Waals surface area contributed by atoms with E-state index < -0.39 is 23.7 Å². The van der Waals surface area contributed by atoms with Crippen LogP contribution in [0.4, 0.5) is 22.0 Å². The molecule has 1 aromatic carbocycles. The number of fused-ring (bicyclic) bond motifs is 3. The summed E-state index contributed by atoms with van der Waals surface area (Å²) in [5.41, 5.74) is 0.458. The molecule has 0 aliphatic heterocycles. The van der Waals surface area contributed by atoms with E-state index in [4.69, 9.17) is 0 Å². The molecular formula is C26H33F5O. The van der Waals surface area contributed by atoms with E-state index in [2.05, 4.69) is 23.8 Å². The first-order valence-corrected chi connectivity index (χ1v) is 12.2. The van der Waals surface area contributed by atoms with Crippen LogP contribution in [0.25, 0.3) is 0 Å². The minimum atomic E-state index is -5.12. The maximum atomic E-state index is 14.2. The summed E-state index contributed by atoms with van der Waals surface area (Å²) >= 11 is 0. The molecule has 0 amide bonds. The standard InChI is InChI=1S/C26H33F5O/c1-2-3-4-5-16-6-10-21-18(12-16)7-8-19-13-17(9-11-22(19)21)20-14-23(27)25(24(28)15-20)32-26(29,30)31/h4-5,14-19,21-22H,2-3,6-13H2,1H3/t16-,17-,18-,19+,21+,22+/m1/s1. The van der Waals surface area contributed by atoms with Gasteiger partial charge < -0.3 is 4.74 Å². The lowest BCUT2D eigenvalue weighted by molar-refractivity contribution is -0.276. The lowest BCUT2D eigenvalue weighted by atomic mass is 9.55. The van der Waals surface area contributed by atoms with Crippen molar-refractivity contribution >= 4 is 0 Å². The SMILES string of the molecule is CCCC=C[C@@H]1CC[C@H]2[C@H](CC[C@H]3C[C@H](c4cc(F)c(OC(F)(F)F)c(F)c4)CC[C@@H]32)C1. The highest BCUT2D eigenvalue weighted by Crippen LogP contribution is 2.55. The summed E-state index contributed by atoms with van der Waals surface area (Å²) in [7, 11) is 0. The predicted octanol–water partition coefficient (Wildman–Crippen LogP) is 8.55. The van der Waals surface area contributed by atoms with E-state index in [-0.39, 0.29) is 5.92 Å². The summed E-state index contributed by atoms with van der Waals surface area (Å²) in [6.07, 6.45) is 10.9. The number of benzene rings is 1. The smallest absolute Gasteiger partial charge is 0.399 e. The number of alkyl halides is 3. The zero-order chi connectivity index (χ0) is 22.9. The molecule has 0 radical (unpaired) electrons. The topological polar surface area (TPSA) is 9.23 Å². The minimum absolute atomic E-state index is 0.00921. The van der Waals surface area contributed by atoms with Gasteiger partial charge in [-0.3, -0.25) is 0 Å². The van der Waals surface area contributed by atoms with Crippen molar-refractivity contribution in [3.63, 3.8) is 0 Å². The van der Waals surface area contributed by atoms with Crippen LogP contribution in [0.5, 0.6) is 5.75 Å². The van der Waals surface area contributed by atoms with Crippen molar-refractivity contribution in [2.24, 2.45) is 29.6 Å². The van der Waals surface area contributed by atoms with Crippen LogP contribution in [0, 0.1) is 41.2 Å². The molecule has 0 aromatic heterocycles. The lowest BCUT2D eigenvalue weighted by Gasteiger charge is -2.50. The van der Waals surface area contributed by atoms with Crippen molar-refractivity contribution in [1.82, 2.24) is 0 Å². The maximum absolute atomic E-state index is 14.2. The molecule has 0 unspecified atom stereocenters. The molecule has 3 saturated carbocycles. The van der Waals surface area contributed by atoms with Gasteiger partial charge in [0, 0.05) is 0 Å². The summed E-state index contributed by atoms with van der Waals surface area (Å²) in [5.74, 6) is -0.472. The van der Waals surface area contributed by atoms with Crippen LogP contribution in [0.15, 0.2) is 24.3 Å². The molecule has 3 aliphatic carbocycles. The van der Waals surface area contributed by atoms with Gasteiger partial charge in [-0.1, -0.05) is 25.5 Å². The average molecular weight is 457 g/mol. The Kier molecular flexibility index (Phi) is 7.16. The highest BCUT2D eigenvalue weighted by Gasteiger charge is 2.44. The van der Waals surface area contributed by atoms with E-state index in [9.17, 15) is 22.0 Å². The third kappa shape index (κ3) is 5.31. The molecule has 0 N–H and O–H groups in total. The zero-order valence-electron chi connectivity index (χ0n) is 18.6. The van der Waals surface area contributed by atoms with Gasteiger partial charge in [0.2, 0.25) is 5.75 Å². The first-order valence-electron chi connectivity index (χ1n) is 12.2. The van der Waals surface area contributed by atoms with Crippen molar-refractivity contribution in [2.45, 2.75) is 83.4 Å². The minimum Gasteiger partial charge on any atom is -0.399 e. The quantitative estimate of drug-likeness (QED) is 0.319. The Bertz CT molecular complexity index is 794. The van der Waals surface area contributed by atoms with Gasteiger partial charge in [0.05, 0.1) is 0 Å². The Morgan fingerprint density at radius 2 is 1.53 bits per heavy atom. The molecule has 1 nitrogen and oxygen atoms in total. The molecule has 178 valence electrons. The molecule has 6 heteroatoms.